The lowest BCUT2D eigenvalue weighted by molar-refractivity contribution is 0.104. The van der Waals surface area contributed by atoms with Crippen LogP contribution in [0.3, 0.4) is 0 Å². The molecule has 3 heteroatoms. The summed E-state index contributed by atoms with van der Waals surface area (Å²) in [5.41, 5.74) is 1.78. The molecule has 0 saturated carbocycles. The van der Waals surface area contributed by atoms with Crippen LogP contribution in [0.15, 0.2) is 36.0 Å². The van der Waals surface area contributed by atoms with Crippen LogP contribution in [0.25, 0.3) is 0 Å². The number of ketones is 1. The summed E-state index contributed by atoms with van der Waals surface area (Å²) in [5, 5.41) is 0. The number of likely N-dealkylation sites (tertiary alicyclic amines) is 1. The second kappa shape index (κ2) is 6.41. The third-order valence-electron chi connectivity index (χ3n) is 3.57. The van der Waals surface area contributed by atoms with Gasteiger partial charge in [0.1, 0.15) is 5.75 Å². The minimum Gasteiger partial charge on any atom is -0.497 e. The molecule has 1 fully saturated rings. The Bertz CT molecular complexity index is 456. The first kappa shape index (κ1) is 13.7. The second-order valence-corrected chi connectivity index (χ2v) is 4.93. The normalized spacial score (nSPS) is 16.3. The fourth-order valence-electron chi connectivity index (χ4n) is 2.37. The van der Waals surface area contributed by atoms with E-state index in [1.54, 1.807) is 25.3 Å². The van der Waals surface area contributed by atoms with E-state index in [2.05, 4.69) is 4.90 Å². The molecule has 1 aliphatic heterocycles. The number of hydrogen-bond acceptors (Lipinski definition) is 3. The Hall–Kier alpha value is -1.77. The van der Waals surface area contributed by atoms with E-state index in [1.165, 1.54) is 19.3 Å². The summed E-state index contributed by atoms with van der Waals surface area (Å²) in [5.74, 6) is 0.832. The molecule has 1 aliphatic rings. The molecule has 3 nitrogen and oxygen atoms in total. The summed E-state index contributed by atoms with van der Waals surface area (Å²) in [4.78, 5) is 14.5. The van der Waals surface area contributed by atoms with Crippen molar-refractivity contribution in [2.24, 2.45) is 0 Å². The number of carbonyl (C=O) groups is 1. The van der Waals surface area contributed by atoms with E-state index in [1.807, 2.05) is 19.1 Å². The first-order chi connectivity index (χ1) is 9.20. The van der Waals surface area contributed by atoms with Crippen LogP contribution in [-0.4, -0.2) is 30.9 Å². The van der Waals surface area contributed by atoms with Crippen LogP contribution < -0.4 is 4.74 Å². The van der Waals surface area contributed by atoms with Crippen molar-refractivity contribution >= 4 is 5.78 Å². The maximum absolute atomic E-state index is 12.2. The van der Waals surface area contributed by atoms with Crippen LogP contribution >= 0.6 is 0 Å². The summed E-state index contributed by atoms with van der Waals surface area (Å²) >= 11 is 0. The van der Waals surface area contributed by atoms with Crippen molar-refractivity contribution in [1.82, 2.24) is 4.90 Å². The lowest BCUT2D eigenvalue weighted by Gasteiger charge is -2.29. The van der Waals surface area contributed by atoms with Gasteiger partial charge in [0.05, 0.1) is 7.11 Å². The highest BCUT2D eigenvalue weighted by Gasteiger charge is 2.11. The summed E-state index contributed by atoms with van der Waals surface area (Å²) in [6.45, 7) is 4.16. The number of ether oxygens (including phenoxy) is 1. The van der Waals surface area contributed by atoms with Crippen LogP contribution in [0.2, 0.25) is 0 Å². The molecule has 19 heavy (non-hydrogen) atoms. The maximum atomic E-state index is 12.2. The fourth-order valence-corrected chi connectivity index (χ4v) is 2.37. The minimum atomic E-state index is 0.0609. The number of benzene rings is 1. The van der Waals surface area contributed by atoms with E-state index in [0.717, 1.165) is 24.5 Å². The van der Waals surface area contributed by atoms with Crippen molar-refractivity contribution < 1.29 is 9.53 Å². The number of piperidine rings is 1. The van der Waals surface area contributed by atoms with Gasteiger partial charge in [-0.1, -0.05) is 0 Å². The third kappa shape index (κ3) is 3.60. The average molecular weight is 259 g/mol. The van der Waals surface area contributed by atoms with Crippen molar-refractivity contribution in [2.45, 2.75) is 26.2 Å². The predicted octanol–water partition coefficient (Wildman–Crippen LogP) is 3.27. The molecule has 1 aromatic rings. The molecule has 0 N–H and O–H groups in total. The molecule has 0 aromatic heterocycles. The highest BCUT2D eigenvalue weighted by Crippen LogP contribution is 2.16. The van der Waals surface area contributed by atoms with Crippen molar-refractivity contribution in [3.63, 3.8) is 0 Å². The molecule has 0 atom stereocenters. The summed E-state index contributed by atoms with van der Waals surface area (Å²) < 4.78 is 5.09. The van der Waals surface area contributed by atoms with E-state index in [4.69, 9.17) is 4.74 Å². The Labute approximate surface area is 114 Å². The number of methoxy groups -OCH3 is 1. The van der Waals surface area contributed by atoms with E-state index in [9.17, 15) is 4.79 Å². The predicted molar refractivity (Wildman–Crippen MR) is 76.5 cm³/mol. The number of rotatable bonds is 4. The van der Waals surface area contributed by atoms with E-state index < -0.39 is 0 Å². The number of carbonyl (C=O) groups excluding carboxylic acids is 1. The van der Waals surface area contributed by atoms with Gasteiger partial charge in [-0.05, 0) is 50.5 Å². The average Bonchev–Trinajstić information content (AvgIpc) is 2.48. The summed E-state index contributed by atoms with van der Waals surface area (Å²) in [7, 11) is 1.62. The van der Waals surface area contributed by atoms with E-state index in [-0.39, 0.29) is 5.78 Å². The summed E-state index contributed by atoms with van der Waals surface area (Å²) in [6.07, 6.45) is 5.49. The first-order valence-electron chi connectivity index (χ1n) is 6.82. The molecule has 1 heterocycles. The van der Waals surface area contributed by atoms with Gasteiger partial charge in [-0.2, -0.15) is 0 Å². The second-order valence-electron chi connectivity index (χ2n) is 4.93. The van der Waals surface area contributed by atoms with Gasteiger partial charge in [0.15, 0.2) is 5.78 Å². The largest absolute Gasteiger partial charge is 0.497 e. The Morgan fingerprint density at radius 3 is 2.37 bits per heavy atom. The van der Waals surface area contributed by atoms with Crippen LogP contribution in [0.5, 0.6) is 5.75 Å². The Kier molecular flexibility index (Phi) is 4.61. The molecular weight excluding hydrogens is 238 g/mol. The first-order valence-corrected chi connectivity index (χ1v) is 6.82. The van der Waals surface area contributed by atoms with Gasteiger partial charge >= 0.3 is 0 Å². The van der Waals surface area contributed by atoms with Crippen LogP contribution in [0.1, 0.15) is 36.5 Å². The van der Waals surface area contributed by atoms with Crippen molar-refractivity contribution in [2.75, 3.05) is 20.2 Å². The summed E-state index contributed by atoms with van der Waals surface area (Å²) in [6, 6.07) is 7.25. The highest BCUT2D eigenvalue weighted by atomic mass is 16.5. The van der Waals surface area contributed by atoms with Gasteiger partial charge in [-0.3, -0.25) is 4.79 Å². The minimum absolute atomic E-state index is 0.0609. The van der Waals surface area contributed by atoms with Gasteiger partial charge < -0.3 is 9.64 Å². The van der Waals surface area contributed by atoms with Crippen molar-refractivity contribution in [1.29, 1.82) is 0 Å². The monoisotopic (exact) mass is 259 g/mol. The molecule has 0 unspecified atom stereocenters. The number of nitrogens with zero attached hydrogens (tertiary/aromatic N) is 1. The molecule has 2 rings (SSSR count). The molecule has 0 spiro atoms. The van der Waals surface area contributed by atoms with Crippen molar-refractivity contribution in [3.8, 4) is 5.75 Å². The molecule has 0 radical (unpaired) electrons. The Morgan fingerprint density at radius 2 is 1.79 bits per heavy atom. The zero-order chi connectivity index (χ0) is 13.7. The maximum Gasteiger partial charge on any atom is 0.187 e. The molecule has 102 valence electrons. The van der Waals surface area contributed by atoms with Crippen LogP contribution in [0, 0.1) is 0 Å². The Balaban J connectivity index is 2.05. The van der Waals surface area contributed by atoms with Gasteiger partial charge in [-0.15, -0.1) is 0 Å². The van der Waals surface area contributed by atoms with Crippen molar-refractivity contribution in [3.05, 3.63) is 41.6 Å². The molecular formula is C16H21NO2. The Morgan fingerprint density at radius 1 is 1.16 bits per heavy atom. The fraction of sp³-hybridized carbons (Fsp3) is 0.438. The smallest absolute Gasteiger partial charge is 0.187 e. The standard InChI is InChI=1S/C16H21NO2/c1-13(17-10-4-3-5-11-17)12-16(18)14-6-8-15(19-2)9-7-14/h6-9,12H,3-5,10-11H2,1-2H3/b13-12+. The third-order valence-corrected chi connectivity index (χ3v) is 3.57. The van der Waals surface area contributed by atoms with Gasteiger partial charge in [0.2, 0.25) is 0 Å². The van der Waals surface area contributed by atoms with E-state index >= 15 is 0 Å². The topological polar surface area (TPSA) is 29.5 Å². The molecule has 1 saturated heterocycles. The molecule has 1 aromatic carbocycles. The van der Waals surface area contributed by atoms with Crippen LogP contribution in [0.4, 0.5) is 0 Å². The van der Waals surface area contributed by atoms with E-state index in [0.29, 0.717) is 5.56 Å². The number of allylic oxidation sites excluding steroid dienone is 2. The zero-order valence-electron chi connectivity index (χ0n) is 11.7. The van der Waals surface area contributed by atoms with Crippen LogP contribution in [-0.2, 0) is 0 Å². The molecule has 0 amide bonds. The zero-order valence-corrected chi connectivity index (χ0v) is 11.7. The lowest BCUT2D eigenvalue weighted by atomic mass is 10.1. The quantitative estimate of drug-likeness (QED) is 0.614. The number of hydrogen-bond donors (Lipinski definition) is 0. The van der Waals surface area contributed by atoms with Gasteiger partial charge in [0.25, 0.3) is 0 Å². The molecule has 0 aliphatic carbocycles. The SMILES string of the molecule is COc1ccc(C(=O)/C=C(\C)N2CCCCC2)cc1. The van der Waals surface area contributed by atoms with Gasteiger partial charge in [0, 0.05) is 30.4 Å². The van der Waals surface area contributed by atoms with Gasteiger partial charge in [-0.25, -0.2) is 0 Å². The highest BCUT2D eigenvalue weighted by molar-refractivity contribution is 6.04. The molecule has 0 bridgehead atoms. The lowest BCUT2D eigenvalue weighted by Crippen LogP contribution is -2.28.